The summed E-state index contributed by atoms with van der Waals surface area (Å²) >= 11 is 3.17. The van der Waals surface area contributed by atoms with Crippen LogP contribution in [0.5, 0.6) is 5.75 Å². The Balaban J connectivity index is 1.41. The molecule has 2 fully saturated rings. The van der Waals surface area contributed by atoms with Crippen LogP contribution in [0.25, 0.3) is 0 Å². The van der Waals surface area contributed by atoms with Gasteiger partial charge in [0.15, 0.2) is 5.13 Å². The summed E-state index contributed by atoms with van der Waals surface area (Å²) in [6.07, 6.45) is 4.98. The molecule has 8 heteroatoms. The molecule has 2 heterocycles. The summed E-state index contributed by atoms with van der Waals surface area (Å²) in [4.78, 5) is 32.5. The Labute approximate surface area is 202 Å². The quantitative estimate of drug-likeness (QED) is 0.462. The highest BCUT2D eigenvalue weighted by molar-refractivity contribution is 7.98. The Hall–Kier alpha value is -2.06. The summed E-state index contributed by atoms with van der Waals surface area (Å²) in [7, 11) is 1.58. The zero-order valence-electron chi connectivity index (χ0n) is 19.6. The zero-order valence-corrected chi connectivity index (χ0v) is 21.3. The highest BCUT2D eigenvalue weighted by Gasteiger charge is 2.58. The van der Waals surface area contributed by atoms with Crippen LogP contribution in [0, 0.1) is 23.2 Å². The van der Waals surface area contributed by atoms with E-state index in [9.17, 15) is 9.59 Å². The van der Waals surface area contributed by atoms with Gasteiger partial charge in [0.1, 0.15) is 11.9 Å². The predicted molar refractivity (Wildman–Crippen MR) is 130 cm³/mol. The largest absolute Gasteiger partial charge is 0.496 e. The number of thioether (sulfide) groups is 1. The van der Waals surface area contributed by atoms with Gasteiger partial charge in [-0.15, -0.1) is 23.1 Å². The van der Waals surface area contributed by atoms with E-state index in [0.29, 0.717) is 22.4 Å². The van der Waals surface area contributed by atoms with Crippen molar-refractivity contribution in [2.75, 3.05) is 18.7 Å². The molecule has 5 rings (SSSR count). The molecule has 33 heavy (non-hydrogen) atoms. The van der Waals surface area contributed by atoms with Crippen LogP contribution in [0.4, 0.5) is 5.13 Å². The Kier molecular flexibility index (Phi) is 5.72. The van der Waals surface area contributed by atoms with E-state index in [1.807, 2.05) is 25.3 Å². The van der Waals surface area contributed by atoms with E-state index in [0.717, 1.165) is 29.9 Å². The van der Waals surface area contributed by atoms with Gasteiger partial charge in [-0.25, -0.2) is 4.98 Å². The number of amides is 1. The fraction of sp³-hybridized carbons (Fsp3) is 0.560. The summed E-state index contributed by atoms with van der Waals surface area (Å²) in [5.74, 6) is 0.973. The number of ether oxygens (including phenoxy) is 2. The summed E-state index contributed by atoms with van der Waals surface area (Å²) in [5, 5.41) is 3.61. The number of carbonyl (C=O) groups excluding carboxylic acids is 2. The summed E-state index contributed by atoms with van der Waals surface area (Å²) in [6.45, 7) is 6.54. The number of anilines is 1. The fourth-order valence-electron chi connectivity index (χ4n) is 6.28. The van der Waals surface area contributed by atoms with Crippen LogP contribution in [0.2, 0.25) is 0 Å². The van der Waals surface area contributed by atoms with E-state index in [1.54, 1.807) is 36.3 Å². The highest BCUT2D eigenvalue weighted by atomic mass is 32.2. The van der Waals surface area contributed by atoms with E-state index in [4.69, 9.17) is 14.5 Å². The third kappa shape index (κ3) is 3.66. The molecule has 6 nitrogen and oxygen atoms in total. The van der Waals surface area contributed by atoms with Crippen molar-refractivity contribution in [2.45, 2.75) is 57.0 Å². The van der Waals surface area contributed by atoms with Gasteiger partial charge in [0.2, 0.25) is 0 Å². The first-order valence-electron chi connectivity index (χ1n) is 11.5. The van der Waals surface area contributed by atoms with Gasteiger partial charge in [-0.3, -0.25) is 14.9 Å². The van der Waals surface area contributed by atoms with Crippen molar-refractivity contribution in [3.05, 3.63) is 34.3 Å². The third-order valence-electron chi connectivity index (χ3n) is 8.03. The standard InChI is InChI=1S/C25H30N2O4S2/c1-12-15-8-9-25(3)11-18-20(13(2)19(25)21(15)31-23(12)29)26-24(33-18)27-22(28)16-7-6-14(32-5)10-17(16)30-4/h6-7,10,12-13,15,19,21H,8-9,11H2,1-5H3,(H,26,27,28)/t12-,13-,15-,19+,21-,25-/m0/s1. The van der Waals surface area contributed by atoms with Crippen LogP contribution >= 0.6 is 23.1 Å². The van der Waals surface area contributed by atoms with E-state index in [2.05, 4.69) is 19.2 Å². The van der Waals surface area contributed by atoms with Crippen molar-refractivity contribution in [3.63, 3.8) is 0 Å². The summed E-state index contributed by atoms with van der Waals surface area (Å²) in [6, 6.07) is 5.59. The van der Waals surface area contributed by atoms with Crippen LogP contribution < -0.4 is 10.1 Å². The molecule has 0 bridgehead atoms. The monoisotopic (exact) mass is 486 g/mol. The molecule has 2 aliphatic carbocycles. The third-order valence-corrected chi connectivity index (χ3v) is 9.74. The van der Waals surface area contributed by atoms with Crippen LogP contribution in [0.15, 0.2) is 23.1 Å². The first-order chi connectivity index (χ1) is 15.8. The molecule has 3 aliphatic rings. The number of nitrogens with one attached hydrogen (secondary N) is 1. The molecule has 1 saturated heterocycles. The van der Waals surface area contributed by atoms with Gasteiger partial charge in [-0.2, -0.15) is 0 Å². The Bertz CT molecular complexity index is 1120. The maximum absolute atomic E-state index is 13.0. The molecular weight excluding hydrogens is 456 g/mol. The average molecular weight is 487 g/mol. The molecular formula is C25H30N2O4S2. The Morgan fingerprint density at radius 1 is 1.33 bits per heavy atom. The van der Waals surface area contributed by atoms with Gasteiger partial charge in [-0.05, 0) is 49.1 Å². The lowest BCUT2D eigenvalue weighted by molar-refractivity contribution is -0.149. The molecule has 1 aromatic carbocycles. The number of fused-ring (bicyclic) bond motifs is 4. The summed E-state index contributed by atoms with van der Waals surface area (Å²) < 4.78 is 11.4. The molecule has 1 amide bonds. The predicted octanol–water partition coefficient (Wildman–Crippen LogP) is 5.38. The van der Waals surface area contributed by atoms with Crippen LogP contribution in [-0.2, 0) is 16.0 Å². The van der Waals surface area contributed by atoms with Crippen molar-refractivity contribution in [3.8, 4) is 5.75 Å². The molecule has 6 atom stereocenters. The minimum Gasteiger partial charge on any atom is -0.496 e. The lowest BCUT2D eigenvalue weighted by atomic mass is 9.54. The van der Waals surface area contributed by atoms with E-state index in [-0.39, 0.29) is 41.1 Å². The second kappa shape index (κ2) is 8.31. The summed E-state index contributed by atoms with van der Waals surface area (Å²) in [5.41, 5.74) is 1.60. The van der Waals surface area contributed by atoms with Crippen molar-refractivity contribution in [1.29, 1.82) is 0 Å². The molecule has 1 saturated carbocycles. The first kappa shape index (κ1) is 22.7. The highest BCUT2D eigenvalue weighted by Crippen LogP contribution is 2.59. The molecule has 0 radical (unpaired) electrons. The molecule has 1 aliphatic heterocycles. The second-order valence-electron chi connectivity index (χ2n) is 9.89. The van der Waals surface area contributed by atoms with Crippen molar-refractivity contribution >= 4 is 40.1 Å². The number of hydrogen-bond donors (Lipinski definition) is 1. The molecule has 0 spiro atoms. The van der Waals surface area contributed by atoms with Gasteiger partial charge in [0, 0.05) is 27.5 Å². The first-order valence-corrected chi connectivity index (χ1v) is 13.5. The van der Waals surface area contributed by atoms with E-state index < -0.39 is 0 Å². The molecule has 0 unspecified atom stereocenters. The van der Waals surface area contributed by atoms with Crippen LogP contribution in [0.3, 0.4) is 0 Å². The zero-order chi connectivity index (χ0) is 23.5. The molecule has 2 aromatic rings. The minimum atomic E-state index is -0.222. The SMILES string of the molecule is COc1cc(SC)ccc1C(=O)Nc1nc2c(s1)C[C@]1(C)CC[C@@H]3[C@H](OC(=O)[C@H]3C)[C@H]1[C@@H]2C. The number of methoxy groups -OCH3 is 1. The van der Waals surface area contributed by atoms with Gasteiger partial charge in [-0.1, -0.05) is 20.8 Å². The molecule has 1 N–H and O–H groups in total. The normalized spacial score (nSPS) is 32.4. The van der Waals surface area contributed by atoms with Gasteiger partial charge >= 0.3 is 5.97 Å². The van der Waals surface area contributed by atoms with Crippen molar-refractivity contribution < 1.29 is 19.1 Å². The van der Waals surface area contributed by atoms with E-state index >= 15 is 0 Å². The van der Waals surface area contributed by atoms with Crippen molar-refractivity contribution in [1.82, 2.24) is 4.98 Å². The Morgan fingerprint density at radius 2 is 2.12 bits per heavy atom. The van der Waals surface area contributed by atoms with Gasteiger partial charge in [0.25, 0.3) is 5.91 Å². The fourth-order valence-corrected chi connectivity index (χ4v) is 7.97. The maximum Gasteiger partial charge on any atom is 0.309 e. The van der Waals surface area contributed by atoms with Crippen LogP contribution in [0.1, 0.15) is 60.5 Å². The van der Waals surface area contributed by atoms with E-state index in [1.165, 1.54) is 4.88 Å². The molecule has 176 valence electrons. The topological polar surface area (TPSA) is 77.5 Å². The number of hydrogen-bond acceptors (Lipinski definition) is 7. The number of rotatable bonds is 4. The number of carbonyl (C=O) groups is 2. The lowest BCUT2D eigenvalue weighted by Crippen LogP contribution is -2.50. The van der Waals surface area contributed by atoms with Gasteiger partial charge in [0.05, 0.1) is 24.3 Å². The number of nitrogens with zero attached hydrogens (tertiary/aromatic N) is 1. The van der Waals surface area contributed by atoms with Gasteiger partial charge < -0.3 is 9.47 Å². The second-order valence-corrected chi connectivity index (χ2v) is 11.8. The Morgan fingerprint density at radius 3 is 2.85 bits per heavy atom. The molecule has 1 aromatic heterocycles. The number of esters is 1. The smallest absolute Gasteiger partial charge is 0.309 e. The number of aromatic nitrogens is 1. The number of benzene rings is 1. The minimum absolute atomic E-state index is 0.0223. The number of thiazole rings is 1. The van der Waals surface area contributed by atoms with Crippen molar-refractivity contribution in [2.24, 2.45) is 23.2 Å². The average Bonchev–Trinajstić information content (AvgIpc) is 3.32. The maximum atomic E-state index is 13.0. The lowest BCUT2D eigenvalue weighted by Gasteiger charge is -2.51. The van der Waals surface area contributed by atoms with Crippen LogP contribution in [-0.4, -0.2) is 36.3 Å².